The Kier molecular flexibility index (Phi) is 15.8. The molecule has 0 bridgehead atoms. The zero-order valence-electron chi connectivity index (χ0n) is 12.1. The Morgan fingerprint density at radius 2 is 1.70 bits per heavy atom. The second-order valence-electron chi connectivity index (χ2n) is 3.24. The number of rotatable bonds is 2. The fourth-order valence-electron chi connectivity index (χ4n) is 1.01. The number of hydrazine groups is 1. The molecule has 2 aromatic rings. The largest absolute Gasteiger partial charge is 1.00 e. The zero-order chi connectivity index (χ0) is 16.8. The van der Waals surface area contributed by atoms with Crippen LogP contribution in [0.4, 0.5) is 0 Å². The number of nitrogens with zero attached hydrogens (tertiary/aromatic N) is 3. The minimum absolute atomic E-state index is 0. The third-order valence-electron chi connectivity index (χ3n) is 1.89. The molecule has 116 valence electrons. The standard InChI is InChI=1S/C6H7N3O.C5H5N3O.AsHO2.Na/c7-9-6(10)5-1-3-8-4-2-5;6-5(9)4-3-7-1-2-8-4;2-1-3;/h1-4H,7H2,(H,9,10);1-3H,(H2,6,9);(H,2,3);/q;;;+1/p-1. The first-order valence-electron chi connectivity index (χ1n) is 5.48. The molecule has 0 radical (unpaired) electrons. The van der Waals surface area contributed by atoms with E-state index in [0.717, 1.165) is 0 Å². The van der Waals surface area contributed by atoms with Gasteiger partial charge in [-0.15, -0.1) is 0 Å². The summed E-state index contributed by atoms with van der Waals surface area (Å²) >= 11 is -1.81. The summed E-state index contributed by atoms with van der Waals surface area (Å²) in [5.74, 6) is 4.03. The van der Waals surface area contributed by atoms with Gasteiger partial charge in [0.05, 0.1) is 6.20 Å². The Balaban J connectivity index is 0. The molecule has 10 nitrogen and oxygen atoms in total. The molecule has 2 amide bonds. The topological polar surface area (TPSA) is 177 Å². The van der Waals surface area contributed by atoms with E-state index in [-0.39, 0.29) is 41.2 Å². The molecule has 2 rings (SSSR count). The molecule has 23 heavy (non-hydrogen) atoms. The molecule has 0 aliphatic rings. The van der Waals surface area contributed by atoms with Gasteiger partial charge >= 0.3 is 53.4 Å². The van der Waals surface area contributed by atoms with E-state index in [0.29, 0.717) is 5.56 Å². The number of nitrogens with two attached hydrogens (primary N) is 2. The van der Waals surface area contributed by atoms with Crippen LogP contribution in [0.2, 0.25) is 0 Å². The first-order valence-corrected chi connectivity index (χ1v) is 7.01. The van der Waals surface area contributed by atoms with Crippen molar-refractivity contribution in [2.24, 2.45) is 11.6 Å². The second kappa shape index (κ2) is 15.3. The van der Waals surface area contributed by atoms with Crippen molar-refractivity contribution in [3.63, 3.8) is 0 Å². The fourth-order valence-corrected chi connectivity index (χ4v) is 1.01. The van der Waals surface area contributed by atoms with Crippen LogP contribution in [0.5, 0.6) is 0 Å². The first kappa shape index (κ1) is 23.7. The summed E-state index contributed by atoms with van der Waals surface area (Å²) in [7, 11) is 0. The van der Waals surface area contributed by atoms with Crippen LogP contribution in [0.1, 0.15) is 20.8 Å². The van der Waals surface area contributed by atoms with Crippen LogP contribution in [-0.2, 0) is 3.74 Å². The van der Waals surface area contributed by atoms with Gasteiger partial charge in [0.25, 0.3) is 11.8 Å². The molecule has 2 heterocycles. The van der Waals surface area contributed by atoms with Gasteiger partial charge in [-0.1, -0.05) is 0 Å². The van der Waals surface area contributed by atoms with Gasteiger partial charge in [0.15, 0.2) is 0 Å². The van der Waals surface area contributed by atoms with E-state index in [1.165, 1.54) is 31.0 Å². The molecular weight excluding hydrogens is 378 g/mol. The average molecular weight is 390 g/mol. The van der Waals surface area contributed by atoms with Crippen molar-refractivity contribution in [3.05, 3.63) is 54.4 Å². The Hall–Kier alpha value is -1.55. The zero-order valence-corrected chi connectivity index (χ0v) is 16.0. The average Bonchev–Trinajstić information content (AvgIpc) is 2.57. The van der Waals surface area contributed by atoms with Gasteiger partial charge < -0.3 is 5.73 Å². The van der Waals surface area contributed by atoms with Crippen LogP contribution in [-0.4, -0.2) is 42.8 Å². The van der Waals surface area contributed by atoms with Crippen LogP contribution in [0.3, 0.4) is 0 Å². The van der Waals surface area contributed by atoms with Gasteiger partial charge in [-0.2, -0.15) is 0 Å². The van der Waals surface area contributed by atoms with Gasteiger partial charge in [-0.25, -0.2) is 10.8 Å². The van der Waals surface area contributed by atoms with Crippen molar-refractivity contribution in [3.8, 4) is 0 Å². The summed E-state index contributed by atoms with van der Waals surface area (Å²) < 4.78 is 16.9. The Bertz CT molecular complexity index is 590. The van der Waals surface area contributed by atoms with Crippen LogP contribution >= 0.6 is 0 Å². The molecule has 0 fully saturated rings. The Morgan fingerprint density at radius 3 is 2.04 bits per heavy atom. The summed E-state index contributed by atoms with van der Waals surface area (Å²) in [6.07, 6.45) is 7.28. The molecule has 0 spiro atoms. The molecule has 0 atom stereocenters. The molecule has 5 N–H and O–H groups in total. The van der Waals surface area contributed by atoms with Crippen LogP contribution < -0.4 is 50.7 Å². The monoisotopic (exact) mass is 390 g/mol. The van der Waals surface area contributed by atoms with Crippen molar-refractivity contribution in [1.82, 2.24) is 20.4 Å². The smallest absolute Gasteiger partial charge is 1.00 e. The van der Waals surface area contributed by atoms with Crippen molar-refractivity contribution in [2.45, 2.75) is 0 Å². The molecule has 0 aliphatic carbocycles. The first-order chi connectivity index (χ1) is 10.6. The van der Waals surface area contributed by atoms with E-state index in [9.17, 15) is 9.59 Å². The van der Waals surface area contributed by atoms with Crippen LogP contribution in [0.25, 0.3) is 0 Å². The minimum Gasteiger partial charge on any atom is 1.00 e. The number of primary amides is 1. The summed E-state index contributed by atoms with van der Waals surface area (Å²) in [5.41, 5.74) is 7.59. The number of hydrogen-bond donors (Lipinski definition) is 3. The molecule has 2 aromatic heterocycles. The van der Waals surface area contributed by atoms with Crippen molar-refractivity contribution < 1.29 is 47.0 Å². The van der Waals surface area contributed by atoms with Gasteiger partial charge in [-0.05, 0) is 12.1 Å². The maximum atomic E-state index is 10.7. The van der Waals surface area contributed by atoms with Gasteiger partial charge in [0.1, 0.15) is 5.69 Å². The Labute approximate surface area is 160 Å². The molecule has 0 unspecified atom stereocenters. The number of carbonyl (C=O) groups excluding carboxylic acids is 2. The molecule has 0 aliphatic heterocycles. The third-order valence-corrected chi connectivity index (χ3v) is 1.89. The number of amides is 2. The second-order valence-corrected chi connectivity index (χ2v) is 3.55. The minimum atomic E-state index is -1.81. The molecule has 12 heteroatoms. The van der Waals surface area contributed by atoms with Crippen molar-refractivity contribution >= 4 is 27.8 Å². The van der Waals surface area contributed by atoms with Gasteiger partial charge in [-0.3, -0.25) is 25.0 Å². The Morgan fingerprint density at radius 1 is 1.13 bits per heavy atom. The molecular formula is C11H12AsN6NaO4. The number of pyridine rings is 1. The summed E-state index contributed by atoms with van der Waals surface area (Å²) in [6, 6.07) is 3.17. The third kappa shape index (κ3) is 11.6. The fraction of sp³-hybridized carbons (Fsp3) is 0. The van der Waals surface area contributed by atoms with E-state index < -0.39 is 21.9 Å². The molecule has 0 saturated carbocycles. The van der Waals surface area contributed by atoms with E-state index in [1.54, 1.807) is 12.1 Å². The molecule has 0 aromatic carbocycles. The quantitative estimate of drug-likeness (QED) is 0.197. The maximum Gasteiger partial charge on any atom is 1.00 e. The predicted molar refractivity (Wildman–Crippen MR) is 72.9 cm³/mol. The van der Waals surface area contributed by atoms with Gasteiger partial charge in [0, 0.05) is 30.4 Å². The number of nitrogen functional groups attached to an aromatic ring is 1. The summed E-state index contributed by atoms with van der Waals surface area (Å²) in [4.78, 5) is 32.1. The number of carbonyl (C=O) groups is 2. The summed E-state index contributed by atoms with van der Waals surface area (Å²) in [5, 5.41) is 0. The number of aromatic nitrogens is 3. The van der Waals surface area contributed by atoms with Crippen molar-refractivity contribution in [1.29, 1.82) is 0 Å². The number of hydrogen-bond acceptors (Lipinski definition) is 8. The normalized spacial score (nSPS) is 8.26. The van der Waals surface area contributed by atoms with E-state index in [4.69, 9.17) is 19.4 Å². The van der Waals surface area contributed by atoms with Crippen LogP contribution in [0.15, 0.2) is 43.1 Å². The predicted octanol–water partition coefficient (Wildman–Crippen LogP) is -5.42. The van der Waals surface area contributed by atoms with Crippen molar-refractivity contribution in [2.75, 3.05) is 0 Å². The number of nitrogens with one attached hydrogen (secondary N) is 1. The SMILES string of the molecule is NC(=O)c1cnccn1.NNC(=O)c1ccncc1.O=[As][O-].[Na+]. The van der Waals surface area contributed by atoms with E-state index in [1.807, 2.05) is 5.43 Å². The molecule has 0 saturated heterocycles. The maximum absolute atomic E-state index is 10.7. The van der Waals surface area contributed by atoms with E-state index in [2.05, 4.69) is 15.0 Å². The summed E-state index contributed by atoms with van der Waals surface area (Å²) in [6.45, 7) is 0. The van der Waals surface area contributed by atoms with E-state index >= 15 is 0 Å². The van der Waals surface area contributed by atoms with Crippen LogP contribution in [0, 0.1) is 0 Å². The van der Waals surface area contributed by atoms with Gasteiger partial charge in [0.2, 0.25) is 0 Å².